The Bertz CT molecular complexity index is 2160. The number of thiophene rings is 1. The molecule has 0 saturated carbocycles. The van der Waals surface area contributed by atoms with E-state index in [9.17, 15) is 9.59 Å². The molecule has 0 aliphatic carbocycles. The summed E-state index contributed by atoms with van der Waals surface area (Å²) in [6, 6.07) is 19.7. The zero-order chi connectivity index (χ0) is 34.3. The van der Waals surface area contributed by atoms with Crippen molar-refractivity contribution in [2.75, 3.05) is 32.2 Å². The van der Waals surface area contributed by atoms with Crippen LogP contribution < -0.4 is 25.7 Å². The second-order valence-electron chi connectivity index (χ2n) is 10.7. The number of rotatable bonds is 13. The number of hydrogen-bond donors (Lipinski definition) is 2. The van der Waals surface area contributed by atoms with Gasteiger partial charge in [-0.15, -0.1) is 23.7 Å². The van der Waals surface area contributed by atoms with Crippen LogP contribution in [0.3, 0.4) is 0 Å². The van der Waals surface area contributed by atoms with Crippen LogP contribution in [-0.2, 0) is 11.3 Å². The van der Waals surface area contributed by atoms with Crippen molar-refractivity contribution in [1.29, 1.82) is 0 Å². The van der Waals surface area contributed by atoms with E-state index in [-0.39, 0.29) is 41.8 Å². The van der Waals surface area contributed by atoms with Gasteiger partial charge >= 0.3 is 0 Å². The molecule has 0 fully saturated rings. The highest BCUT2D eigenvalue weighted by Crippen LogP contribution is 2.39. The molecule has 258 valence electrons. The maximum absolute atomic E-state index is 15.4. The monoisotopic (exact) mass is 735 g/mol. The molecule has 0 spiro atoms. The van der Waals surface area contributed by atoms with E-state index in [2.05, 4.69) is 20.6 Å². The number of halogens is 3. The number of fused-ring (bicyclic) bond motifs is 1. The molecule has 4 aromatic heterocycles. The van der Waals surface area contributed by atoms with E-state index >= 15 is 4.39 Å². The largest absolute Gasteiger partial charge is 0.493 e. The number of carbonyl (C=O) groups is 1. The van der Waals surface area contributed by atoms with E-state index in [0.29, 0.717) is 35.1 Å². The number of nitrogens with one attached hydrogen (secondary N) is 2. The van der Waals surface area contributed by atoms with Crippen molar-refractivity contribution in [2.24, 2.45) is 0 Å². The molecule has 1 amide bonds. The molecule has 2 N–H and O–H groups in total. The fourth-order valence-corrected chi connectivity index (χ4v) is 6.15. The Morgan fingerprint density at radius 3 is 2.54 bits per heavy atom. The molecule has 0 atom stereocenters. The van der Waals surface area contributed by atoms with Crippen molar-refractivity contribution in [3.63, 3.8) is 0 Å². The minimum Gasteiger partial charge on any atom is -0.493 e. The standard InChI is InChI=1S/C36H31ClFN5O5S.ClH/c1-3-47-30-13-16-43(25-8-5-23(37)6-9-25)36(45)33(30)35(44)42-24-7-11-29(26(38)18-24)48-31-12-14-40-28-19-32(49-34(28)31)27-10-4-22(21-41-27)20-39-15-17-46-2;/h4-14,16,18-19,21,39H,3,15,17,20H2,1-2H3,(H,42,44);1H. The summed E-state index contributed by atoms with van der Waals surface area (Å²) in [6.45, 7) is 4.04. The smallest absolute Gasteiger partial charge is 0.271 e. The fourth-order valence-electron chi connectivity index (χ4n) is 4.99. The Balaban J connectivity index is 0.00000486. The fraction of sp³-hybridized carbons (Fsp3) is 0.167. The zero-order valence-corrected chi connectivity index (χ0v) is 29.3. The molecule has 14 heteroatoms. The minimum absolute atomic E-state index is 0. The van der Waals surface area contributed by atoms with Crippen LogP contribution in [0, 0.1) is 5.82 Å². The van der Waals surface area contributed by atoms with Crippen LogP contribution in [0.2, 0.25) is 5.02 Å². The van der Waals surface area contributed by atoms with Gasteiger partial charge in [0, 0.05) is 67.3 Å². The second kappa shape index (κ2) is 16.7. The molecule has 0 aliphatic heterocycles. The number of pyridine rings is 3. The lowest BCUT2D eigenvalue weighted by molar-refractivity contribution is 0.102. The Kier molecular flexibility index (Phi) is 12.2. The van der Waals surface area contributed by atoms with E-state index in [1.165, 1.54) is 40.3 Å². The average molecular weight is 737 g/mol. The van der Waals surface area contributed by atoms with E-state index < -0.39 is 17.3 Å². The summed E-state index contributed by atoms with van der Waals surface area (Å²) in [4.78, 5) is 36.8. The van der Waals surface area contributed by atoms with Gasteiger partial charge in [0.05, 0.1) is 34.0 Å². The summed E-state index contributed by atoms with van der Waals surface area (Å²) >= 11 is 7.44. The summed E-state index contributed by atoms with van der Waals surface area (Å²) in [5.74, 6) is -0.995. The van der Waals surface area contributed by atoms with Gasteiger partial charge in [0.2, 0.25) is 0 Å². The van der Waals surface area contributed by atoms with Crippen LogP contribution in [0.5, 0.6) is 17.2 Å². The number of benzene rings is 2. The Hall–Kier alpha value is -4.85. The Morgan fingerprint density at radius 1 is 1.00 bits per heavy atom. The third-order valence-electron chi connectivity index (χ3n) is 7.36. The van der Waals surface area contributed by atoms with E-state index in [4.69, 9.17) is 25.8 Å². The molecule has 4 heterocycles. The normalized spacial score (nSPS) is 10.9. The highest BCUT2D eigenvalue weighted by atomic mass is 35.5. The minimum atomic E-state index is -0.754. The van der Waals surface area contributed by atoms with Gasteiger partial charge in [-0.05, 0) is 67.1 Å². The van der Waals surface area contributed by atoms with Gasteiger partial charge in [-0.25, -0.2) is 4.39 Å². The third kappa shape index (κ3) is 8.29. The first-order chi connectivity index (χ1) is 23.8. The van der Waals surface area contributed by atoms with Crippen molar-refractivity contribution < 1.29 is 23.4 Å². The van der Waals surface area contributed by atoms with Gasteiger partial charge in [-0.1, -0.05) is 17.7 Å². The number of ether oxygens (including phenoxy) is 3. The van der Waals surface area contributed by atoms with Gasteiger partial charge < -0.3 is 24.8 Å². The molecule has 0 bridgehead atoms. The predicted octanol–water partition coefficient (Wildman–Crippen LogP) is 7.90. The highest BCUT2D eigenvalue weighted by Gasteiger charge is 2.21. The summed E-state index contributed by atoms with van der Waals surface area (Å²) in [7, 11) is 1.67. The van der Waals surface area contributed by atoms with E-state index in [1.54, 1.807) is 50.6 Å². The third-order valence-corrected chi connectivity index (χ3v) is 8.77. The van der Waals surface area contributed by atoms with Crippen LogP contribution in [-0.4, -0.2) is 47.3 Å². The van der Waals surface area contributed by atoms with E-state index in [0.717, 1.165) is 33.4 Å². The van der Waals surface area contributed by atoms with Crippen molar-refractivity contribution in [3.8, 4) is 33.5 Å². The van der Waals surface area contributed by atoms with Gasteiger partial charge in [-0.3, -0.25) is 24.1 Å². The number of anilines is 1. The van der Waals surface area contributed by atoms with Crippen LogP contribution >= 0.6 is 35.3 Å². The van der Waals surface area contributed by atoms with E-state index in [1.807, 2.05) is 24.4 Å². The van der Waals surface area contributed by atoms with Crippen molar-refractivity contribution in [1.82, 2.24) is 19.9 Å². The number of nitrogens with zero attached hydrogens (tertiary/aromatic N) is 3. The van der Waals surface area contributed by atoms with Crippen LogP contribution in [0.1, 0.15) is 22.8 Å². The number of hydrogen-bond acceptors (Lipinski definition) is 9. The predicted molar refractivity (Wildman–Crippen MR) is 196 cm³/mol. The summed E-state index contributed by atoms with van der Waals surface area (Å²) < 4.78 is 34.1. The Morgan fingerprint density at radius 2 is 1.82 bits per heavy atom. The van der Waals surface area contributed by atoms with Crippen LogP contribution in [0.25, 0.3) is 26.5 Å². The second-order valence-corrected chi connectivity index (χ2v) is 12.2. The summed E-state index contributed by atoms with van der Waals surface area (Å²) in [5.41, 5.74) is 2.32. The van der Waals surface area contributed by atoms with Crippen molar-refractivity contribution in [2.45, 2.75) is 13.5 Å². The average Bonchev–Trinajstić information content (AvgIpc) is 3.54. The molecule has 0 aliphatic rings. The molecule has 0 saturated heterocycles. The first-order valence-corrected chi connectivity index (χ1v) is 16.5. The molecule has 6 aromatic rings. The molecule has 0 radical (unpaired) electrons. The highest BCUT2D eigenvalue weighted by molar-refractivity contribution is 7.22. The Labute approximate surface area is 302 Å². The van der Waals surface area contributed by atoms with Gasteiger partial charge in [0.25, 0.3) is 11.5 Å². The quantitative estimate of drug-likeness (QED) is 0.115. The maximum atomic E-state index is 15.4. The molecule has 50 heavy (non-hydrogen) atoms. The van der Waals surface area contributed by atoms with Gasteiger partial charge in [0.15, 0.2) is 11.6 Å². The lowest BCUT2D eigenvalue weighted by Crippen LogP contribution is -2.29. The molecule has 2 aromatic carbocycles. The molecular formula is C36H32Cl2FN5O5S. The number of amides is 1. The summed E-state index contributed by atoms with van der Waals surface area (Å²) in [6.07, 6.45) is 4.93. The first-order valence-electron chi connectivity index (χ1n) is 15.3. The molecule has 10 nitrogen and oxygen atoms in total. The lowest BCUT2D eigenvalue weighted by atomic mass is 10.2. The van der Waals surface area contributed by atoms with Crippen LogP contribution in [0.4, 0.5) is 10.1 Å². The van der Waals surface area contributed by atoms with Crippen molar-refractivity contribution in [3.05, 3.63) is 124 Å². The molecule has 0 unspecified atom stereocenters. The zero-order valence-electron chi connectivity index (χ0n) is 26.9. The number of carbonyl (C=O) groups excluding carboxylic acids is 1. The van der Waals surface area contributed by atoms with Gasteiger partial charge in [-0.2, -0.15) is 0 Å². The topological polar surface area (TPSA) is 117 Å². The molecular weight excluding hydrogens is 704 g/mol. The maximum Gasteiger partial charge on any atom is 0.271 e. The lowest BCUT2D eigenvalue weighted by Gasteiger charge is -2.14. The first kappa shape index (κ1) is 36.4. The molecule has 6 rings (SSSR count). The SMILES string of the molecule is CCOc1ccn(-c2ccc(Cl)cc2)c(=O)c1C(=O)Nc1ccc(Oc2ccnc3cc(-c4ccc(CNCCOC)cn4)sc23)c(F)c1.Cl. The van der Waals surface area contributed by atoms with Crippen LogP contribution in [0.15, 0.2) is 96.2 Å². The van der Waals surface area contributed by atoms with Crippen molar-refractivity contribution >= 4 is 57.2 Å². The van der Waals surface area contributed by atoms with Gasteiger partial charge in [0.1, 0.15) is 17.1 Å². The summed E-state index contributed by atoms with van der Waals surface area (Å²) in [5, 5.41) is 6.42. The number of aromatic nitrogens is 3. The number of methoxy groups -OCH3 is 1.